The van der Waals surface area contributed by atoms with Gasteiger partial charge in [0, 0.05) is 19.6 Å². The molecular formula is C15H26N2O4. The minimum atomic E-state index is -0.526. The van der Waals surface area contributed by atoms with Crippen LogP contribution in [-0.4, -0.2) is 61.3 Å². The first-order chi connectivity index (χ1) is 9.97. The van der Waals surface area contributed by atoms with Gasteiger partial charge in [0.2, 0.25) is 5.91 Å². The summed E-state index contributed by atoms with van der Waals surface area (Å²) in [6.45, 7) is 9.76. The van der Waals surface area contributed by atoms with E-state index in [4.69, 9.17) is 9.47 Å². The maximum atomic E-state index is 12.9. The average Bonchev–Trinajstić information content (AvgIpc) is 2.72. The van der Waals surface area contributed by atoms with Gasteiger partial charge in [-0.05, 0) is 26.7 Å². The summed E-state index contributed by atoms with van der Waals surface area (Å²) >= 11 is 0. The SMILES string of the molecule is CCOC(=O)C1CNCCN1C(=O)C1C(C)OC(C)C1C. The van der Waals surface area contributed by atoms with E-state index in [1.807, 2.05) is 20.8 Å². The molecular weight excluding hydrogens is 272 g/mol. The van der Waals surface area contributed by atoms with Crippen molar-refractivity contribution in [3.05, 3.63) is 0 Å². The van der Waals surface area contributed by atoms with Crippen LogP contribution < -0.4 is 5.32 Å². The highest BCUT2D eigenvalue weighted by Gasteiger charge is 2.46. The number of ether oxygens (including phenoxy) is 2. The molecule has 5 atom stereocenters. The number of hydrogen-bond donors (Lipinski definition) is 1. The van der Waals surface area contributed by atoms with Crippen LogP contribution in [-0.2, 0) is 19.1 Å². The molecule has 120 valence electrons. The normalized spacial score (nSPS) is 36.6. The van der Waals surface area contributed by atoms with Gasteiger partial charge in [0.25, 0.3) is 0 Å². The standard InChI is InChI=1S/C15H26N2O4/c1-5-20-15(19)12-8-16-6-7-17(12)14(18)13-9(2)10(3)21-11(13)4/h9-13,16H,5-8H2,1-4H3. The van der Waals surface area contributed by atoms with Crippen molar-refractivity contribution in [2.45, 2.75) is 45.9 Å². The van der Waals surface area contributed by atoms with E-state index in [0.29, 0.717) is 26.2 Å². The summed E-state index contributed by atoms with van der Waals surface area (Å²) in [7, 11) is 0. The molecule has 0 radical (unpaired) electrons. The number of carbonyl (C=O) groups is 2. The van der Waals surface area contributed by atoms with Crippen LogP contribution >= 0.6 is 0 Å². The topological polar surface area (TPSA) is 67.9 Å². The number of hydrogen-bond acceptors (Lipinski definition) is 5. The molecule has 0 aromatic rings. The second-order valence-corrected chi connectivity index (χ2v) is 5.93. The fraction of sp³-hybridized carbons (Fsp3) is 0.867. The zero-order valence-corrected chi connectivity index (χ0v) is 13.3. The molecule has 2 saturated heterocycles. The summed E-state index contributed by atoms with van der Waals surface area (Å²) in [6.07, 6.45) is -0.0434. The Hall–Kier alpha value is -1.14. The molecule has 5 unspecified atom stereocenters. The van der Waals surface area contributed by atoms with Gasteiger partial charge in [0.05, 0.1) is 24.7 Å². The third kappa shape index (κ3) is 3.21. The Bertz CT molecular complexity index is 401. The smallest absolute Gasteiger partial charge is 0.330 e. The number of rotatable bonds is 3. The lowest BCUT2D eigenvalue weighted by Gasteiger charge is -2.37. The van der Waals surface area contributed by atoms with Gasteiger partial charge in [-0.15, -0.1) is 0 Å². The quantitative estimate of drug-likeness (QED) is 0.764. The molecule has 0 aromatic carbocycles. The van der Waals surface area contributed by atoms with Crippen LogP contribution in [0.2, 0.25) is 0 Å². The van der Waals surface area contributed by atoms with Crippen molar-refractivity contribution < 1.29 is 19.1 Å². The van der Waals surface area contributed by atoms with Crippen LogP contribution in [0.25, 0.3) is 0 Å². The fourth-order valence-electron chi connectivity index (χ4n) is 3.30. The van der Waals surface area contributed by atoms with Crippen LogP contribution in [0, 0.1) is 11.8 Å². The second-order valence-electron chi connectivity index (χ2n) is 5.93. The maximum Gasteiger partial charge on any atom is 0.330 e. The largest absolute Gasteiger partial charge is 0.464 e. The van der Waals surface area contributed by atoms with Gasteiger partial charge in [-0.1, -0.05) is 6.92 Å². The second kappa shape index (κ2) is 6.75. The molecule has 6 heteroatoms. The summed E-state index contributed by atoms with van der Waals surface area (Å²) in [6, 6.07) is -0.526. The van der Waals surface area contributed by atoms with Gasteiger partial charge in [-0.3, -0.25) is 4.79 Å². The average molecular weight is 298 g/mol. The summed E-state index contributed by atoms with van der Waals surface area (Å²) < 4.78 is 10.9. The van der Waals surface area contributed by atoms with E-state index >= 15 is 0 Å². The molecule has 0 aromatic heterocycles. The Morgan fingerprint density at radius 1 is 1.29 bits per heavy atom. The first-order valence-corrected chi connectivity index (χ1v) is 7.80. The van der Waals surface area contributed by atoms with Gasteiger partial charge in [-0.25, -0.2) is 4.79 Å². The minimum Gasteiger partial charge on any atom is -0.464 e. The van der Waals surface area contributed by atoms with E-state index in [2.05, 4.69) is 5.32 Å². The highest BCUT2D eigenvalue weighted by Crippen LogP contribution is 2.34. The van der Waals surface area contributed by atoms with Crippen molar-refractivity contribution in [3.8, 4) is 0 Å². The van der Waals surface area contributed by atoms with Crippen LogP contribution in [0.4, 0.5) is 0 Å². The van der Waals surface area contributed by atoms with Crippen LogP contribution in [0.15, 0.2) is 0 Å². The van der Waals surface area contributed by atoms with Crippen molar-refractivity contribution in [2.24, 2.45) is 11.8 Å². The summed E-state index contributed by atoms with van der Waals surface area (Å²) in [5.74, 6) is -0.343. The molecule has 0 saturated carbocycles. The molecule has 2 aliphatic heterocycles. The Balaban J connectivity index is 2.13. The van der Waals surface area contributed by atoms with Crippen molar-refractivity contribution in [1.29, 1.82) is 0 Å². The number of nitrogens with zero attached hydrogens (tertiary/aromatic N) is 1. The third-order valence-corrected chi connectivity index (χ3v) is 4.61. The van der Waals surface area contributed by atoms with E-state index in [1.165, 1.54) is 0 Å². The minimum absolute atomic E-state index is 0.0129. The van der Waals surface area contributed by atoms with Crippen LogP contribution in [0.1, 0.15) is 27.7 Å². The lowest BCUT2D eigenvalue weighted by atomic mass is 9.87. The van der Waals surface area contributed by atoms with E-state index in [-0.39, 0.29) is 35.9 Å². The highest BCUT2D eigenvalue weighted by molar-refractivity contribution is 5.87. The van der Waals surface area contributed by atoms with Gasteiger partial charge in [-0.2, -0.15) is 0 Å². The summed E-state index contributed by atoms with van der Waals surface area (Å²) in [5, 5.41) is 3.15. The van der Waals surface area contributed by atoms with E-state index in [9.17, 15) is 9.59 Å². The van der Waals surface area contributed by atoms with Crippen molar-refractivity contribution in [1.82, 2.24) is 10.2 Å². The number of esters is 1. The van der Waals surface area contributed by atoms with E-state index in [1.54, 1.807) is 11.8 Å². The Labute approximate surface area is 126 Å². The first kappa shape index (κ1) is 16.2. The van der Waals surface area contributed by atoms with Gasteiger partial charge in [0.1, 0.15) is 6.04 Å². The molecule has 2 heterocycles. The fourth-order valence-corrected chi connectivity index (χ4v) is 3.30. The zero-order valence-electron chi connectivity index (χ0n) is 13.3. The zero-order chi connectivity index (χ0) is 15.6. The Kier molecular flexibility index (Phi) is 5.22. The monoisotopic (exact) mass is 298 g/mol. The molecule has 0 aliphatic carbocycles. The molecule has 2 fully saturated rings. The van der Waals surface area contributed by atoms with Crippen molar-refractivity contribution in [2.75, 3.05) is 26.2 Å². The molecule has 0 bridgehead atoms. The maximum absolute atomic E-state index is 12.9. The molecule has 6 nitrogen and oxygen atoms in total. The van der Waals surface area contributed by atoms with Crippen LogP contribution in [0.3, 0.4) is 0 Å². The number of amides is 1. The van der Waals surface area contributed by atoms with Gasteiger partial charge >= 0.3 is 5.97 Å². The molecule has 1 amide bonds. The Morgan fingerprint density at radius 3 is 2.57 bits per heavy atom. The first-order valence-electron chi connectivity index (χ1n) is 7.80. The Morgan fingerprint density at radius 2 is 2.00 bits per heavy atom. The molecule has 1 N–H and O–H groups in total. The highest BCUT2D eigenvalue weighted by atomic mass is 16.5. The van der Waals surface area contributed by atoms with Gasteiger partial charge in [0.15, 0.2) is 0 Å². The van der Waals surface area contributed by atoms with Gasteiger partial charge < -0.3 is 19.7 Å². The predicted octanol–water partition coefficient (Wildman–Crippen LogP) is 0.409. The third-order valence-electron chi connectivity index (χ3n) is 4.61. The number of nitrogens with one attached hydrogen (secondary N) is 1. The van der Waals surface area contributed by atoms with E-state index in [0.717, 1.165) is 0 Å². The van der Waals surface area contributed by atoms with E-state index < -0.39 is 6.04 Å². The molecule has 2 rings (SSSR count). The number of piperazine rings is 1. The lowest BCUT2D eigenvalue weighted by molar-refractivity contribution is -0.158. The number of carbonyl (C=O) groups excluding carboxylic acids is 2. The molecule has 0 spiro atoms. The molecule has 2 aliphatic rings. The molecule has 21 heavy (non-hydrogen) atoms. The van der Waals surface area contributed by atoms with Crippen LogP contribution in [0.5, 0.6) is 0 Å². The van der Waals surface area contributed by atoms with Crippen molar-refractivity contribution in [3.63, 3.8) is 0 Å². The lowest BCUT2D eigenvalue weighted by Crippen LogP contribution is -2.59. The predicted molar refractivity (Wildman–Crippen MR) is 77.7 cm³/mol. The van der Waals surface area contributed by atoms with Crippen molar-refractivity contribution >= 4 is 11.9 Å². The summed E-state index contributed by atoms with van der Waals surface area (Å²) in [4.78, 5) is 26.6. The summed E-state index contributed by atoms with van der Waals surface area (Å²) in [5.41, 5.74) is 0.